The molecule has 19 heavy (non-hydrogen) atoms. The van der Waals surface area contributed by atoms with Crippen molar-refractivity contribution in [1.82, 2.24) is 29.9 Å². The third-order valence-corrected chi connectivity index (χ3v) is 1.83. The van der Waals surface area contributed by atoms with Crippen molar-refractivity contribution < 1.29 is 0 Å². The monoisotopic (exact) mass is 264 g/mol. The van der Waals surface area contributed by atoms with E-state index in [-0.39, 0.29) is 42.4 Å². The number of hydrogen-bond acceptors (Lipinski definition) is 12. The van der Waals surface area contributed by atoms with Crippen molar-refractivity contribution in [3.8, 4) is 0 Å². The second-order valence-electron chi connectivity index (χ2n) is 3.28. The van der Waals surface area contributed by atoms with Crippen LogP contribution in [0.25, 0.3) is 0 Å². The number of nitrogens with zero attached hydrogens (tertiary/aromatic N) is 6. The molecular weight excluding hydrogens is 252 g/mol. The maximum absolute atomic E-state index is 5.41. The molecule has 0 saturated heterocycles. The van der Waals surface area contributed by atoms with E-state index in [1.54, 1.807) is 0 Å². The van der Waals surface area contributed by atoms with Crippen LogP contribution in [0.4, 0.5) is 35.7 Å². The van der Waals surface area contributed by atoms with Crippen molar-refractivity contribution in [2.24, 2.45) is 0 Å². The van der Waals surface area contributed by atoms with E-state index in [1.807, 2.05) is 0 Å². The van der Waals surface area contributed by atoms with Gasteiger partial charge in [0.2, 0.25) is 35.7 Å². The van der Waals surface area contributed by atoms with E-state index in [0.717, 1.165) is 0 Å². The van der Waals surface area contributed by atoms with Gasteiger partial charge in [0.25, 0.3) is 0 Å². The smallest absolute Gasteiger partial charge is 0.230 e. The van der Waals surface area contributed by atoms with Crippen LogP contribution < -0.4 is 33.6 Å². The van der Waals surface area contributed by atoms with E-state index in [2.05, 4.69) is 40.5 Å². The van der Waals surface area contributed by atoms with Crippen molar-refractivity contribution in [1.29, 1.82) is 0 Å². The normalized spacial score (nSPS) is 10.1. The maximum atomic E-state index is 5.41. The van der Waals surface area contributed by atoms with Gasteiger partial charge in [-0.2, -0.15) is 29.9 Å². The molecule has 0 unspecified atom stereocenters. The first-order chi connectivity index (χ1) is 9.02. The predicted octanol–water partition coefficient (Wildman–Crippen LogP) is -2.13. The minimum absolute atomic E-state index is 0.0173. The van der Waals surface area contributed by atoms with Crippen molar-refractivity contribution in [3.63, 3.8) is 0 Å². The molecule has 0 bridgehead atoms. The number of aromatic nitrogens is 6. The van der Waals surface area contributed by atoms with E-state index in [0.29, 0.717) is 0 Å². The SMILES string of the molecule is Nc1nc(N)nc(NCNc2nc(N)nc(N)n2)n1. The average molecular weight is 264 g/mol. The van der Waals surface area contributed by atoms with Gasteiger partial charge in [-0.3, -0.25) is 0 Å². The summed E-state index contributed by atoms with van der Waals surface area (Å²) in [6.45, 7) is 0.200. The topological polar surface area (TPSA) is 205 Å². The Labute approximate surface area is 107 Å². The number of hydrogen-bond donors (Lipinski definition) is 6. The lowest BCUT2D eigenvalue weighted by Gasteiger charge is -2.07. The van der Waals surface area contributed by atoms with E-state index in [1.165, 1.54) is 0 Å². The lowest BCUT2D eigenvalue weighted by Crippen LogP contribution is -2.18. The number of nitrogens with two attached hydrogens (primary N) is 4. The molecule has 0 saturated carbocycles. The molecule has 100 valence electrons. The van der Waals surface area contributed by atoms with Crippen molar-refractivity contribution in [3.05, 3.63) is 0 Å². The third-order valence-electron chi connectivity index (χ3n) is 1.83. The van der Waals surface area contributed by atoms with Crippen molar-refractivity contribution >= 4 is 35.7 Å². The molecule has 0 atom stereocenters. The fraction of sp³-hybridized carbons (Fsp3) is 0.143. The van der Waals surface area contributed by atoms with Crippen molar-refractivity contribution in [2.45, 2.75) is 0 Å². The second kappa shape index (κ2) is 4.99. The standard InChI is InChI=1S/C7H12N12/c8-2-14-3(9)17-6(16-2)12-1-13-7-18-4(10)15-5(11)19-7/h1H2,(H5,8,9,12,14,16,17)(H5,10,11,13,15,18,19). The average Bonchev–Trinajstić information content (AvgIpc) is 2.26. The Balaban J connectivity index is 1.96. The first-order valence-corrected chi connectivity index (χ1v) is 5.05. The maximum Gasteiger partial charge on any atom is 0.230 e. The van der Waals surface area contributed by atoms with Crippen LogP contribution in [0.5, 0.6) is 0 Å². The molecular formula is C7H12N12. The quantitative estimate of drug-likeness (QED) is 0.327. The molecule has 0 aliphatic rings. The van der Waals surface area contributed by atoms with Gasteiger partial charge in [-0.25, -0.2) is 0 Å². The zero-order valence-electron chi connectivity index (χ0n) is 9.70. The fourth-order valence-electron chi connectivity index (χ4n) is 1.18. The van der Waals surface area contributed by atoms with Gasteiger partial charge in [0.15, 0.2) is 0 Å². The highest BCUT2D eigenvalue weighted by Crippen LogP contribution is 2.05. The summed E-state index contributed by atoms with van der Waals surface area (Å²) >= 11 is 0. The summed E-state index contributed by atoms with van der Waals surface area (Å²) in [4.78, 5) is 22.6. The van der Waals surface area contributed by atoms with Crippen molar-refractivity contribution in [2.75, 3.05) is 40.2 Å². The molecule has 2 rings (SSSR count). The summed E-state index contributed by atoms with van der Waals surface area (Å²) in [5, 5.41) is 5.60. The highest BCUT2D eigenvalue weighted by molar-refractivity contribution is 5.40. The summed E-state index contributed by atoms with van der Waals surface area (Å²) < 4.78 is 0. The van der Waals surface area contributed by atoms with Crippen LogP contribution in [-0.2, 0) is 0 Å². The van der Waals surface area contributed by atoms with E-state index >= 15 is 0 Å². The Kier molecular flexibility index (Phi) is 3.22. The second-order valence-corrected chi connectivity index (χ2v) is 3.28. The van der Waals surface area contributed by atoms with E-state index in [9.17, 15) is 0 Å². The van der Waals surface area contributed by atoms with Gasteiger partial charge in [-0.15, -0.1) is 0 Å². The Morgan fingerprint density at radius 1 is 0.579 bits per heavy atom. The Bertz CT molecular complexity index is 490. The Hall–Kier alpha value is -3.18. The number of anilines is 6. The zero-order valence-corrected chi connectivity index (χ0v) is 9.70. The number of rotatable bonds is 4. The molecule has 2 aromatic rings. The Morgan fingerprint density at radius 2 is 0.895 bits per heavy atom. The highest BCUT2D eigenvalue weighted by atomic mass is 15.3. The van der Waals surface area contributed by atoms with Crippen LogP contribution in [0.15, 0.2) is 0 Å². The van der Waals surface area contributed by atoms with Crippen LogP contribution in [0.1, 0.15) is 0 Å². The highest BCUT2D eigenvalue weighted by Gasteiger charge is 2.03. The number of nitrogen functional groups attached to an aromatic ring is 4. The fourth-order valence-corrected chi connectivity index (χ4v) is 1.18. The molecule has 2 heterocycles. The lowest BCUT2D eigenvalue weighted by molar-refractivity contribution is 1.01. The van der Waals surface area contributed by atoms with Gasteiger partial charge in [-0.1, -0.05) is 0 Å². The van der Waals surface area contributed by atoms with Gasteiger partial charge in [0.05, 0.1) is 6.67 Å². The van der Waals surface area contributed by atoms with Crippen LogP contribution in [0.2, 0.25) is 0 Å². The minimum atomic E-state index is 0.0173. The first kappa shape index (κ1) is 12.3. The van der Waals surface area contributed by atoms with E-state index < -0.39 is 0 Å². The molecule has 0 aliphatic carbocycles. The van der Waals surface area contributed by atoms with Gasteiger partial charge in [-0.05, 0) is 0 Å². The molecule has 10 N–H and O–H groups in total. The van der Waals surface area contributed by atoms with Gasteiger partial charge >= 0.3 is 0 Å². The molecule has 0 amide bonds. The van der Waals surface area contributed by atoms with Crippen LogP contribution in [-0.4, -0.2) is 36.6 Å². The third kappa shape index (κ3) is 3.39. The first-order valence-electron chi connectivity index (χ1n) is 5.05. The molecule has 0 spiro atoms. The summed E-state index contributed by atoms with van der Waals surface area (Å²) in [7, 11) is 0. The molecule has 2 aromatic heterocycles. The molecule has 0 fully saturated rings. The lowest BCUT2D eigenvalue weighted by atomic mass is 10.8. The summed E-state index contributed by atoms with van der Waals surface area (Å²) in [5.74, 6) is 0.500. The minimum Gasteiger partial charge on any atom is -0.368 e. The van der Waals surface area contributed by atoms with Crippen LogP contribution in [0, 0.1) is 0 Å². The number of nitrogens with one attached hydrogen (secondary N) is 2. The van der Waals surface area contributed by atoms with Gasteiger partial charge in [0.1, 0.15) is 0 Å². The molecule has 12 heteroatoms. The van der Waals surface area contributed by atoms with Gasteiger partial charge < -0.3 is 33.6 Å². The largest absolute Gasteiger partial charge is 0.368 e. The van der Waals surface area contributed by atoms with Crippen LogP contribution >= 0.6 is 0 Å². The summed E-state index contributed by atoms with van der Waals surface area (Å²) in [5.41, 5.74) is 21.7. The molecule has 0 aliphatic heterocycles. The molecule has 12 nitrogen and oxygen atoms in total. The predicted molar refractivity (Wildman–Crippen MR) is 69.4 cm³/mol. The van der Waals surface area contributed by atoms with E-state index in [4.69, 9.17) is 22.9 Å². The van der Waals surface area contributed by atoms with Crippen LogP contribution in [0.3, 0.4) is 0 Å². The zero-order chi connectivity index (χ0) is 13.8. The molecule has 0 radical (unpaired) electrons. The summed E-state index contributed by atoms with van der Waals surface area (Å²) in [6, 6.07) is 0. The Morgan fingerprint density at radius 3 is 1.21 bits per heavy atom. The molecule has 0 aromatic carbocycles. The summed E-state index contributed by atoms with van der Waals surface area (Å²) in [6.07, 6.45) is 0. The van der Waals surface area contributed by atoms with Gasteiger partial charge in [0, 0.05) is 0 Å².